The second-order valence-corrected chi connectivity index (χ2v) is 5.65. The minimum Gasteiger partial charge on any atom is -0.384 e. The fourth-order valence-corrected chi connectivity index (χ4v) is 2.65. The Kier molecular flexibility index (Phi) is 5.25. The van der Waals surface area contributed by atoms with Crippen LogP contribution in [0.1, 0.15) is 17.8 Å². The molecule has 0 saturated heterocycles. The van der Waals surface area contributed by atoms with Crippen molar-refractivity contribution in [2.24, 2.45) is 0 Å². The fourth-order valence-electron chi connectivity index (χ4n) is 2.65. The van der Waals surface area contributed by atoms with E-state index in [1.165, 1.54) is 6.08 Å². The second-order valence-electron chi connectivity index (χ2n) is 5.65. The number of nitrogen functional groups attached to an aromatic ring is 1. The SMILES string of the molecule is N#CCCn1cc(/C=C/C(=O)NCc2nccc(N)n2)c2ccccc21. The van der Waals surface area contributed by atoms with E-state index in [4.69, 9.17) is 11.0 Å². The van der Waals surface area contributed by atoms with E-state index >= 15 is 0 Å². The number of nitrogens with two attached hydrogens (primary N) is 1. The molecule has 0 saturated carbocycles. The third-order valence-electron chi connectivity index (χ3n) is 3.85. The average molecular weight is 346 g/mol. The number of amides is 1. The largest absolute Gasteiger partial charge is 0.384 e. The van der Waals surface area contributed by atoms with Crippen molar-refractivity contribution in [3.63, 3.8) is 0 Å². The summed E-state index contributed by atoms with van der Waals surface area (Å²) in [4.78, 5) is 20.1. The molecule has 0 aliphatic carbocycles. The molecule has 0 aliphatic heterocycles. The lowest BCUT2D eigenvalue weighted by atomic mass is 10.1. The lowest BCUT2D eigenvalue weighted by Crippen LogP contribution is -2.21. The minimum absolute atomic E-state index is 0.206. The van der Waals surface area contributed by atoms with Crippen molar-refractivity contribution in [2.75, 3.05) is 5.73 Å². The lowest BCUT2D eigenvalue weighted by molar-refractivity contribution is -0.116. The van der Waals surface area contributed by atoms with Gasteiger partial charge in [-0.3, -0.25) is 4.79 Å². The third-order valence-corrected chi connectivity index (χ3v) is 3.85. The highest BCUT2D eigenvalue weighted by molar-refractivity contribution is 5.96. The molecule has 2 heterocycles. The van der Waals surface area contributed by atoms with Crippen LogP contribution in [0, 0.1) is 11.3 Å². The minimum atomic E-state index is -0.245. The number of hydrogen-bond donors (Lipinski definition) is 2. The molecule has 0 atom stereocenters. The molecule has 7 nitrogen and oxygen atoms in total. The van der Waals surface area contributed by atoms with Crippen molar-refractivity contribution < 1.29 is 4.79 Å². The molecule has 0 fully saturated rings. The highest BCUT2D eigenvalue weighted by Gasteiger charge is 2.06. The van der Waals surface area contributed by atoms with E-state index in [0.29, 0.717) is 24.6 Å². The number of para-hydroxylation sites is 1. The van der Waals surface area contributed by atoms with E-state index < -0.39 is 0 Å². The summed E-state index contributed by atoms with van der Waals surface area (Å²) >= 11 is 0. The molecule has 0 spiro atoms. The molecule has 3 rings (SSSR count). The molecular weight excluding hydrogens is 328 g/mol. The van der Waals surface area contributed by atoms with Crippen molar-refractivity contribution in [2.45, 2.75) is 19.5 Å². The summed E-state index contributed by atoms with van der Waals surface area (Å²) < 4.78 is 2.02. The highest BCUT2D eigenvalue weighted by Crippen LogP contribution is 2.22. The summed E-state index contributed by atoms with van der Waals surface area (Å²) in [5.41, 5.74) is 7.55. The number of nitrogens with zero attached hydrogens (tertiary/aromatic N) is 4. The Morgan fingerprint density at radius 1 is 1.35 bits per heavy atom. The number of hydrogen-bond acceptors (Lipinski definition) is 5. The van der Waals surface area contributed by atoms with Gasteiger partial charge in [0.25, 0.3) is 0 Å². The molecule has 1 aromatic carbocycles. The number of aromatic nitrogens is 3. The molecular formula is C19H18N6O. The molecule has 130 valence electrons. The van der Waals surface area contributed by atoms with Gasteiger partial charge in [0.2, 0.25) is 5.91 Å². The van der Waals surface area contributed by atoms with Gasteiger partial charge in [0.15, 0.2) is 0 Å². The molecule has 2 aromatic heterocycles. The van der Waals surface area contributed by atoms with Crippen molar-refractivity contribution in [3.8, 4) is 6.07 Å². The van der Waals surface area contributed by atoms with Crippen LogP contribution in [0.5, 0.6) is 0 Å². The Hall–Kier alpha value is -3.66. The van der Waals surface area contributed by atoms with E-state index in [9.17, 15) is 4.79 Å². The zero-order valence-corrected chi connectivity index (χ0v) is 14.1. The topological polar surface area (TPSA) is 110 Å². The molecule has 0 bridgehead atoms. The second kappa shape index (κ2) is 7.94. The van der Waals surface area contributed by atoms with E-state index in [1.807, 2.05) is 35.0 Å². The van der Waals surface area contributed by atoms with Crippen LogP contribution in [0.15, 0.2) is 48.8 Å². The number of benzene rings is 1. The quantitative estimate of drug-likeness (QED) is 0.665. The zero-order chi connectivity index (χ0) is 18.4. The van der Waals surface area contributed by atoms with Crippen LogP contribution < -0.4 is 11.1 Å². The Morgan fingerprint density at radius 3 is 3.00 bits per heavy atom. The van der Waals surface area contributed by atoms with Gasteiger partial charge in [-0.25, -0.2) is 9.97 Å². The number of nitrogens with one attached hydrogen (secondary N) is 1. The number of anilines is 1. The zero-order valence-electron chi connectivity index (χ0n) is 14.1. The molecule has 0 radical (unpaired) electrons. The van der Waals surface area contributed by atoms with E-state index in [-0.39, 0.29) is 12.5 Å². The van der Waals surface area contributed by atoms with Crippen LogP contribution in [0.4, 0.5) is 5.82 Å². The summed E-state index contributed by atoms with van der Waals surface area (Å²) in [6.45, 7) is 0.821. The van der Waals surface area contributed by atoms with Gasteiger partial charge in [-0.05, 0) is 18.2 Å². The first-order valence-corrected chi connectivity index (χ1v) is 8.15. The lowest BCUT2D eigenvalue weighted by Gasteiger charge is -2.01. The maximum absolute atomic E-state index is 12.1. The van der Waals surface area contributed by atoms with Crippen LogP contribution in [-0.2, 0) is 17.9 Å². The van der Waals surface area contributed by atoms with Crippen molar-refractivity contribution in [1.29, 1.82) is 5.26 Å². The molecule has 3 N–H and O–H groups in total. The van der Waals surface area contributed by atoms with Gasteiger partial charge < -0.3 is 15.6 Å². The summed E-state index contributed by atoms with van der Waals surface area (Å²) in [6, 6.07) is 11.6. The number of nitriles is 1. The highest BCUT2D eigenvalue weighted by atomic mass is 16.1. The first-order valence-electron chi connectivity index (χ1n) is 8.15. The fraction of sp³-hybridized carbons (Fsp3) is 0.158. The van der Waals surface area contributed by atoms with E-state index in [2.05, 4.69) is 21.4 Å². The Labute approximate surface area is 150 Å². The van der Waals surface area contributed by atoms with Gasteiger partial charge in [0, 0.05) is 41.5 Å². The Balaban J connectivity index is 1.71. The number of fused-ring (bicyclic) bond motifs is 1. The summed E-state index contributed by atoms with van der Waals surface area (Å²) in [6.07, 6.45) is 7.18. The van der Waals surface area contributed by atoms with Crippen LogP contribution in [-0.4, -0.2) is 20.4 Å². The summed E-state index contributed by atoms with van der Waals surface area (Å²) in [7, 11) is 0. The average Bonchev–Trinajstić information content (AvgIpc) is 3.01. The molecule has 1 amide bonds. The number of aryl methyl sites for hydroxylation is 1. The third kappa shape index (κ3) is 4.05. The number of carbonyl (C=O) groups is 1. The van der Waals surface area contributed by atoms with Crippen LogP contribution in [0.25, 0.3) is 17.0 Å². The smallest absolute Gasteiger partial charge is 0.244 e. The Bertz CT molecular complexity index is 999. The Morgan fingerprint density at radius 2 is 2.19 bits per heavy atom. The molecule has 0 aliphatic rings. The maximum Gasteiger partial charge on any atom is 0.244 e. The van der Waals surface area contributed by atoms with Crippen molar-refractivity contribution >= 4 is 28.7 Å². The number of rotatable bonds is 6. The van der Waals surface area contributed by atoms with Gasteiger partial charge in [-0.2, -0.15) is 5.26 Å². The molecule has 3 aromatic rings. The van der Waals surface area contributed by atoms with E-state index in [1.54, 1.807) is 18.3 Å². The summed E-state index contributed by atoms with van der Waals surface area (Å²) in [5.74, 6) is 0.578. The molecule has 7 heteroatoms. The van der Waals surface area contributed by atoms with Crippen LogP contribution in [0.3, 0.4) is 0 Å². The van der Waals surface area contributed by atoms with Crippen LogP contribution >= 0.6 is 0 Å². The van der Waals surface area contributed by atoms with Gasteiger partial charge in [-0.15, -0.1) is 0 Å². The standard InChI is InChI=1S/C19H18N6O/c20-9-3-11-25-13-14(15-4-1-2-5-16(15)25)6-7-19(26)23-12-18-22-10-8-17(21)24-18/h1-2,4-8,10,13H,3,11-12H2,(H,23,26)(H2,21,22,24)/b7-6+. The normalized spacial score (nSPS) is 10.9. The van der Waals surface area contributed by atoms with Crippen molar-refractivity contribution in [3.05, 3.63) is 60.2 Å². The van der Waals surface area contributed by atoms with Crippen LogP contribution in [0.2, 0.25) is 0 Å². The van der Waals surface area contributed by atoms with E-state index in [0.717, 1.165) is 16.5 Å². The molecule has 0 unspecified atom stereocenters. The first kappa shape index (κ1) is 17.2. The maximum atomic E-state index is 12.1. The number of carbonyl (C=O) groups excluding carboxylic acids is 1. The summed E-state index contributed by atoms with van der Waals surface area (Å²) in [5, 5.41) is 12.6. The first-order chi connectivity index (χ1) is 12.7. The van der Waals surface area contributed by atoms with Crippen molar-refractivity contribution in [1.82, 2.24) is 19.9 Å². The van der Waals surface area contributed by atoms with Gasteiger partial charge in [0.1, 0.15) is 11.6 Å². The van der Waals surface area contributed by atoms with Gasteiger partial charge in [0.05, 0.1) is 19.0 Å². The predicted molar refractivity (Wildman–Crippen MR) is 99.5 cm³/mol. The molecule has 26 heavy (non-hydrogen) atoms. The van der Waals surface area contributed by atoms with Gasteiger partial charge in [-0.1, -0.05) is 18.2 Å². The van der Waals surface area contributed by atoms with Gasteiger partial charge >= 0.3 is 0 Å². The monoisotopic (exact) mass is 346 g/mol. The predicted octanol–water partition coefficient (Wildman–Crippen LogP) is 2.26.